The number of carbonyl (C=O) groups excluding carboxylic acids is 1. The number of hydrogen-bond donors (Lipinski definition) is 0. The maximum absolute atomic E-state index is 11.8. The van der Waals surface area contributed by atoms with E-state index in [1.807, 2.05) is 26.0 Å². The summed E-state index contributed by atoms with van der Waals surface area (Å²) in [6, 6.07) is 8.38. The van der Waals surface area contributed by atoms with Crippen molar-refractivity contribution in [2.24, 2.45) is 0 Å². The summed E-state index contributed by atoms with van der Waals surface area (Å²) >= 11 is 0. The van der Waals surface area contributed by atoms with Gasteiger partial charge in [0.15, 0.2) is 0 Å². The van der Waals surface area contributed by atoms with Gasteiger partial charge in [-0.25, -0.2) is 4.79 Å². The summed E-state index contributed by atoms with van der Waals surface area (Å²) in [5.41, 5.74) is 2.30. The minimum Gasteiger partial charge on any atom is -0.441 e. The highest BCUT2D eigenvalue weighted by Gasteiger charge is 2.29. The lowest BCUT2D eigenvalue weighted by Gasteiger charge is -2.34. The fourth-order valence-corrected chi connectivity index (χ4v) is 2.17. The first-order valence-electron chi connectivity index (χ1n) is 6.11. The van der Waals surface area contributed by atoms with Crippen LogP contribution in [0.1, 0.15) is 37.5 Å². The molecule has 0 spiro atoms. The Balaban J connectivity index is 2.09. The lowest BCUT2D eigenvalue weighted by atomic mass is 10.0. The SMILES string of the molecule is Cc1cccc([C@@H]2CCN(C(C)C)C(=O)O2)c1. The van der Waals surface area contributed by atoms with Crippen LogP contribution in [-0.2, 0) is 4.74 Å². The van der Waals surface area contributed by atoms with Crippen LogP contribution in [-0.4, -0.2) is 23.6 Å². The van der Waals surface area contributed by atoms with Gasteiger partial charge in [-0.05, 0) is 26.3 Å². The Kier molecular flexibility index (Phi) is 3.36. The molecule has 0 aliphatic carbocycles. The van der Waals surface area contributed by atoms with Crippen LogP contribution in [0.4, 0.5) is 4.79 Å². The van der Waals surface area contributed by atoms with E-state index in [9.17, 15) is 4.79 Å². The van der Waals surface area contributed by atoms with E-state index in [-0.39, 0.29) is 18.2 Å². The third-order valence-corrected chi connectivity index (χ3v) is 3.15. The van der Waals surface area contributed by atoms with Crippen LogP contribution in [0.15, 0.2) is 24.3 Å². The molecule has 1 fully saturated rings. The van der Waals surface area contributed by atoms with Crippen molar-refractivity contribution in [1.82, 2.24) is 4.90 Å². The minimum absolute atomic E-state index is 0.0857. The van der Waals surface area contributed by atoms with Gasteiger partial charge in [0, 0.05) is 19.0 Å². The quantitative estimate of drug-likeness (QED) is 0.784. The maximum atomic E-state index is 11.8. The zero-order valence-electron chi connectivity index (χ0n) is 10.6. The topological polar surface area (TPSA) is 29.5 Å². The molecular weight excluding hydrogens is 214 g/mol. The van der Waals surface area contributed by atoms with Crippen molar-refractivity contribution < 1.29 is 9.53 Å². The number of benzene rings is 1. The molecule has 0 unspecified atom stereocenters. The van der Waals surface area contributed by atoms with E-state index >= 15 is 0 Å². The Morgan fingerprint density at radius 3 is 2.76 bits per heavy atom. The Bertz CT molecular complexity index is 414. The predicted octanol–water partition coefficient (Wildman–Crippen LogP) is 3.29. The highest BCUT2D eigenvalue weighted by Crippen LogP contribution is 2.27. The molecule has 0 N–H and O–H groups in total. The number of rotatable bonds is 2. The van der Waals surface area contributed by atoms with Gasteiger partial charge in [0.2, 0.25) is 0 Å². The number of cyclic esters (lactones) is 1. The van der Waals surface area contributed by atoms with Gasteiger partial charge in [0.25, 0.3) is 0 Å². The number of nitrogens with zero attached hydrogens (tertiary/aromatic N) is 1. The van der Waals surface area contributed by atoms with Gasteiger partial charge in [-0.15, -0.1) is 0 Å². The highest BCUT2D eigenvalue weighted by molar-refractivity contribution is 5.69. The molecule has 1 amide bonds. The summed E-state index contributed by atoms with van der Waals surface area (Å²) in [5.74, 6) is 0. The Hall–Kier alpha value is -1.51. The van der Waals surface area contributed by atoms with E-state index in [0.717, 1.165) is 18.5 Å². The first-order chi connectivity index (χ1) is 8.08. The summed E-state index contributed by atoms with van der Waals surface area (Å²) in [6.07, 6.45) is 0.586. The molecule has 3 nitrogen and oxygen atoms in total. The monoisotopic (exact) mass is 233 g/mol. The van der Waals surface area contributed by atoms with E-state index < -0.39 is 0 Å². The van der Waals surface area contributed by atoms with E-state index in [4.69, 9.17) is 4.74 Å². The fraction of sp³-hybridized carbons (Fsp3) is 0.500. The molecule has 0 aromatic heterocycles. The standard InChI is InChI=1S/C14H19NO2/c1-10(2)15-8-7-13(17-14(15)16)12-6-4-5-11(3)9-12/h4-6,9-10,13H,7-8H2,1-3H3/t13-/m0/s1. The largest absolute Gasteiger partial charge is 0.441 e. The minimum atomic E-state index is -0.197. The normalized spacial score (nSPS) is 20.6. The first kappa shape index (κ1) is 12.0. The van der Waals surface area contributed by atoms with E-state index in [2.05, 4.69) is 19.1 Å². The number of aryl methyl sites for hydroxylation is 1. The molecule has 17 heavy (non-hydrogen) atoms. The van der Waals surface area contributed by atoms with Gasteiger partial charge in [0.1, 0.15) is 6.10 Å². The van der Waals surface area contributed by atoms with Gasteiger partial charge in [0.05, 0.1) is 0 Å². The number of amides is 1. The summed E-state index contributed by atoms with van der Waals surface area (Å²) in [4.78, 5) is 13.6. The molecule has 1 aromatic rings. The number of hydrogen-bond acceptors (Lipinski definition) is 2. The lowest BCUT2D eigenvalue weighted by Crippen LogP contribution is -2.43. The average Bonchev–Trinajstić information content (AvgIpc) is 2.28. The summed E-state index contributed by atoms with van der Waals surface area (Å²) in [5, 5.41) is 0. The molecule has 0 saturated carbocycles. The van der Waals surface area contributed by atoms with E-state index in [1.165, 1.54) is 5.56 Å². The van der Waals surface area contributed by atoms with Crippen LogP contribution in [0.3, 0.4) is 0 Å². The van der Waals surface area contributed by atoms with Gasteiger partial charge in [-0.3, -0.25) is 0 Å². The second kappa shape index (κ2) is 4.78. The molecule has 3 heteroatoms. The van der Waals surface area contributed by atoms with Crippen molar-refractivity contribution in [2.45, 2.75) is 39.3 Å². The van der Waals surface area contributed by atoms with E-state index in [0.29, 0.717) is 0 Å². The maximum Gasteiger partial charge on any atom is 0.410 e. The summed E-state index contributed by atoms with van der Waals surface area (Å²) in [7, 11) is 0. The Morgan fingerprint density at radius 1 is 1.41 bits per heavy atom. The van der Waals surface area contributed by atoms with Crippen molar-refractivity contribution in [1.29, 1.82) is 0 Å². The fourth-order valence-electron chi connectivity index (χ4n) is 2.17. The smallest absolute Gasteiger partial charge is 0.410 e. The third-order valence-electron chi connectivity index (χ3n) is 3.15. The molecule has 1 atom stereocenters. The second-order valence-corrected chi connectivity index (χ2v) is 4.86. The third kappa shape index (κ3) is 2.60. The molecule has 92 valence electrons. The Morgan fingerprint density at radius 2 is 2.18 bits per heavy atom. The van der Waals surface area contributed by atoms with Crippen LogP contribution in [0.5, 0.6) is 0 Å². The first-order valence-corrected chi connectivity index (χ1v) is 6.11. The molecule has 1 saturated heterocycles. The van der Waals surface area contributed by atoms with Crippen molar-refractivity contribution >= 4 is 6.09 Å². The van der Waals surface area contributed by atoms with Crippen LogP contribution < -0.4 is 0 Å². The van der Waals surface area contributed by atoms with Gasteiger partial charge in [-0.2, -0.15) is 0 Å². The van der Waals surface area contributed by atoms with Crippen LogP contribution in [0.25, 0.3) is 0 Å². The van der Waals surface area contributed by atoms with Crippen LogP contribution in [0.2, 0.25) is 0 Å². The van der Waals surface area contributed by atoms with Crippen LogP contribution >= 0.6 is 0 Å². The zero-order valence-corrected chi connectivity index (χ0v) is 10.6. The van der Waals surface area contributed by atoms with Gasteiger partial charge in [-0.1, -0.05) is 29.8 Å². The molecule has 1 heterocycles. The lowest BCUT2D eigenvalue weighted by molar-refractivity contribution is 0.0150. The van der Waals surface area contributed by atoms with Gasteiger partial charge >= 0.3 is 6.09 Å². The molecule has 0 bridgehead atoms. The second-order valence-electron chi connectivity index (χ2n) is 4.86. The van der Waals surface area contributed by atoms with Crippen LogP contribution in [0, 0.1) is 6.92 Å². The van der Waals surface area contributed by atoms with E-state index in [1.54, 1.807) is 4.90 Å². The molecule has 1 aliphatic rings. The molecule has 0 radical (unpaired) electrons. The predicted molar refractivity (Wildman–Crippen MR) is 66.9 cm³/mol. The Labute approximate surface area is 102 Å². The number of ether oxygens (including phenoxy) is 1. The molecule has 1 aromatic carbocycles. The summed E-state index contributed by atoms with van der Waals surface area (Å²) in [6.45, 7) is 6.84. The van der Waals surface area contributed by atoms with Gasteiger partial charge < -0.3 is 9.64 Å². The zero-order chi connectivity index (χ0) is 12.4. The average molecular weight is 233 g/mol. The van der Waals surface area contributed by atoms with Crippen molar-refractivity contribution in [3.05, 3.63) is 35.4 Å². The highest BCUT2D eigenvalue weighted by atomic mass is 16.6. The summed E-state index contributed by atoms with van der Waals surface area (Å²) < 4.78 is 5.49. The molecular formula is C14H19NO2. The molecule has 1 aliphatic heterocycles. The molecule has 2 rings (SSSR count). The number of carbonyl (C=O) groups is 1. The van der Waals surface area contributed by atoms with Crippen molar-refractivity contribution in [3.63, 3.8) is 0 Å². The van der Waals surface area contributed by atoms with Crippen molar-refractivity contribution in [2.75, 3.05) is 6.54 Å². The van der Waals surface area contributed by atoms with Crippen molar-refractivity contribution in [3.8, 4) is 0 Å².